The maximum absolute atomic E-state index is 10.3. The molecule has 2 rings (SSSR count). The highest BCUT2D eigenvalue weighted by Crippen LogP contribution is 2.39. The fraction of sp³-hybridized carbons (Fsp3) is 0.667. The fourth-order valence-electron chi connectivity index (χ4n) is 2.81. The van der Waals surface area contributed by atoms with E-state index in [4.69, 9.17) is 0 Å². The summed E-state index contributed by atoms with van der Waals surface area (Å²) < 4.78 is 0. The summed E-state index contributed by atoms with van der Waals surface area (Å²) in [5.74, 6) is 0. The van der Waals surface area contributed by atoms with Gasteiger partial charge in [-0.25, -0.2) is 0 Å². The predicted molar refractivity (Wildman–Crippen MR) is 73.4 cm³/mol. The first-order chi connectivity index (χ1) is 8.50. The first kappa shape index (κ1) is 13.5. The molecule has 2 atom stereocenters. The molecule has 3 heteroatoms. The molecular weight excluding hydrogens is 224 g/mol. The number of likely N-dealkylation sites (N-methyl/N-ethyl adjacent to an activating group) is 1. The molecule has 2 unspecified atom stereocenters. The van der Waals surface area contributed by atoms with Gasteiger partial charge in [0.05, 0.1) is 6.10 Å². The van der Waals surface area contributed by atoms with Crippen molar-refractivity contribution in [1.82, 2.24) is 9.88 Å². The van der Waals surface area contributed by atoms with E-state index in [-0.39, 0.29) is 11.5 Å². The zero-order valence-corrected chi connectivity index (χ0v) is 11.6. The van der Waals surface area contributed by atoms with Gasteiger partial charge in [0.25, 0.3) is 0 Å². The molecule has 0 aliphatic heterocycles. The maximum atomic E-state index is 10.3. The van der Waals surface area contributed by atoms with Crippen molar-refractivity contribution in [2.24, 2.45) is 5.41 Å². The molecule has 1 heterocycles. The molecule has 0 radical (unpaired) electrons. The van der Waals surface area contributed by atoms with Crippen molar-refractivity contribution in [3.63, 3.8) is 0 Å². The number of aliphatic hydroxyl groups excluding tert-OH is 1. The van der Waals surface area contributed by atoms with Gasteiger partial charge >= 0.3 is 0 Å². The van der Waals surface area contributed by atoms with E-state index >= 15 is 0 Å². The number of nitrogens with zero attached hydrogens (tertiary/aromatic N) is 2. The summed E-state index contributed by atoms with van der Waals surface area (Å²) in [5.41, 5.74) is 1.18. The van der Waals surface area contributed by atoms with E-state index in [1.165, 1.54) is 0 Å². The molecule has 0 bridgehead atoms. The number of rotatable bonds is 4. The average Bonchev–Trinajstić information content (AvgIpc) is 2.63. The van der Waals surface area contributed by atoms with Crippen LogP contribution in [0.25, 0.3) is 0 Å². The molecule has 100 valence electrons. The Bertz CT molecular complexity index is 377. The minimum absolute atomic E-state index is 0.0594. The summed E-state index contributed by atoms with van der Waals surface area (Å²) in [4.78, 5) is 6.62. The van der Waals surface area contributed by atoms with Crippen LogP contribution >= 0.6 is 0 Å². The quantitative estimate of drug-likeness (QED) is 0.886. The van der Waals surface area contributed by atoms with E-state index < -0.39 is 0 Å². The van der Waals surface area contributed by atoms with Gasteiger partial charge < -0.3 is 10.0 Å². The molecule has 0 amide bonds. The largest absolute Gasteiger partial charge is 0.391 e. The zero-order chi connectivity index (χ0) is 13.2. The summed E-state index contributed by atoms with van der Waals surface area (Å²) in [6.45, 7) is 5.27. The van der Waals surface area contributed by atoms with Crippen LogP contribution in [0.15, 0.2) is 24.4 Å². The van der Waals surface area contributed by atoms with E-state index in [1.807, 2.05) is 18.3 Å². The SMILES string of the molecule is CN(CCc1ccccn1)C1CCC(C)(C)C1O. The number of hydrogen-bond donors (Lipinski definition) is 1. The zero-order valence-electron chi connectivity index (χ0n) is 11.6. The minimum Gasteiger partial charge on any atom is -0.391 e. The third kappa shape index (κ3) is 2.90. The molecule has 18 heavy (non-hydrogen) atoms. The Balaban J connectivity index is 1.88. The third-order valence-corrected chi connectivity index (χ3v) is 4.26. The van der Waals surface area contributed by atoms with Gasteiger partial charge in [0.15, 0.2) is 0 Å². The van der Waals surface area contributed by atoms with Crippen molar-refractivity contribution in [2.75, 3.05) is 13.6 Å². The van der Waals surface area contributed by atoms with Crippen LogP contribution in [0.3, 0.4) is 0 Å². The van der Waals surface area contributed by atoms with Crippen molar-refractivity contribution in [3.05, 3.63) is 30.1 Å². The van der Waals surface area contributed by atoms with Crippen LogP contribution in [0.2, 0.25) is 0 Å². The number of aliphatic hydroxyl groups is 1. The van der Waals surface area contributed by atoms with Gasteiger partial charge in [-0.2, -0.15) is 0 Å². The summed E-state index contributed by atoms with van der Waals surface area (Å²) in [6, 6.07) is 6.32. The van der Waals surface area contributed by atoms with Gasteiger partial charge in [-0.3, -0.25) is 4.98 Å². The highest BCUT2D eigenvalue weighted by molar-refractivity contribution is 5.04. The lowest BCUT2D eigenvalue weighted by Crippen LogP contribution is -2.42. The van der Waals surface area contributed by atoms with Crippen LogP contribution in [-0.2, 0) is 6.42 Å². The van der Waals surface area contributed by atoms with E-state index in [0.29, 0.717) is 6.04 Å². The Hall–Kier alpha value is -0.930. The molecule has 0 aromatic carbocycles. The second kappa shape index (κ2) is 5.37. The van der Waals surface area contributed by atoms with Crippen molar-refractivity contribution < 1.29 is 5.11 Å². The van der Waals surface area contributed by atoms with Crippen LogP contribution in [-0.4, -0.2) is 40.7 Å². The number of aromatic nitrogens is 1. The molecule has 1 aliphatic carbocycles. The Morgan fingerprint density at radius 1 is 1.44 bits per heavy atom. The Kier molecular flexibility index (Phi) is 4.03. The van der Waals surface area contributed by atoms with Gasteiger partial charge in [-0.05, 0) is 37.4 Å². The van der Waals surface area contributed by atoms with Crippen molar-refractivity contribution >= 4 is 0 Å². The average molecular weight is 248 g/mol. The molecule has 3 nitrogen and oxygen atoms in total. The van der Waals surface area contributed by atoms with Crippen LogP contribution in [0.1, 0.15) is 32.4 Å². The minimum atomic E-state index is -0.216. The van der Waals surface area contributed by atoms with Crippen LogP contribution in [0.5, 0.6) is 0 Å². The van der Waals surface area contributed by atoms with E-state index in [1.54, 1.807) is 0 Å². The highest BCUT2D eigenvalue weighted by atomic mass is 16.3. The highest BCUT2D eigenvalue weighted by Gasteiger charge is 2.42. The lowest BCUT2D eigenvalue weighted by Gasteiger charge is -2.31. The maximum Gasteiger partial charge on any atom is 0.0746 e. The molecule has 1 fully saturated rings. The molecule has 0 saturated heterocycles. The van der Waals surface area contributed by atoms with Crippen LogP contribution < -0.4 is 0 Å². The van der Waals surface area contributed by atoms with E-state index in [2.05, 4.69) is 36.8 Å². The normalized spacial score (nSPS) is 26.7. The molecule has 1 saturated carbocycles. The lowest BCUT2D eigenvalue weighted by molar-refractivity contribution is 0.0235. The molecule has 1 aromatic heterocycles. The number of hydrogen-bond acceptors (Lipinski definition) is 3. The van der Waals surface area contributed by atoms with E-state index in [0.717, 1.165) is 31.5 Å². The predicted octanol–water partition coefficient (Wildman–Crippen LogP) is 2.11. The molecule has 1 N–H and O–H groups in total. The molecular formula is C15H24N2O. The van der Waals surface area contributed by atoms with Crippen LogP contribution in [0, 0.1) is 5.41 Å². The lowest BCUT2D eigenvalue weighted by atomic mass is 9.88. The topological polar surface area (TPSA) is 36.4 Å². The summed E-state index contributed by atoms with van der Waals surface area (Å²) in [6.07, 6.45) is 4.76. The van der Waals surface area contributed by atoms with Gasteiger partial charge in [-0.1, -0.05) is 19.9 Å². The summed E-state index contributed by atoms with van der Waals surface area (Å²) in [7, 11) is 2.11. The first-order valence-electron chi connectivity index (χ1n) is 6.79. The second-order valence-electron chi connectivity index (χ2n) is 6.09. The third-order valence-electron chi connectivity index (χ3n) is 4.26. The Labute approximate surface area is 110 Å². The fourth-order valence-corrected chi connectivity index (χ4v) is 2.81. The Morgan fingerprint density at radius 2 is 2.22 bits per heavy atom. The van der Waals surface area contributed by atoms with E-state index in [9.17, 15) is 5.11 Å². The monoisotopic (exact) mass is 248 g/mol. The van der Waals surface area contributed by atoms with Crippen molar-refractivity contribution in [3.8, 4) is 0 Å². The smallest absolute Gasteiger partial charge is 0.0746 e. The summed E-state index contributed by atoms with van der Waals surface area (Å²) >= 11 is 0. The van der Waals surface area contributed by atoms with Gasteiger partial charge in [0.2, 0.25) is 0 Å². The van der Waals surface area contributed by atoms with Crippen molar-refractivity contribution in [1.29, 1.82) is 0 Å². The van der Waals surface area contributed by atoms with Gasteiger partial charge in [-0.15, -0.1) is 0 Å². The molecule has 1 aromatic rings. The molecule has 0 spiro atoms. The van der Waals surface area contributed by atoms with Gasteiger partial charge in [0.1, 0.15) is 0 Å². The Morgan fingerprint density at radius 3 is 2.78 bits per heavy atom. The molecule has 1 aliphatic rings. The standard InChI is InChI=1S/C15H24N2O/c1-15(2)9-7-13(14(15)18)17(3)11-8-12-6-4-5-10-16-12/h4-6,10,13-14,18H,7-9,11H2,1-3H3. The van der Waals surface area contributed by atoms with Crippen LogP contribution in [0.4, 0.5) is 0 Å². The van der Waals surface area contributed by atoms with Crippen molar-refractivity contribution in [2.45, 2.75) is 45.3 Å². The number of pyridine rings is 1. The second-order valence-corrected chi connectivity index (χ2v) is 6.09. The first-order valence-corrected chi connectivity index (χ1v) is 6.79. The summed E-state index contributed by atoms with van der Waals surface area (Å²) in [5, 5.41) is 10.3. The van der Waals surface area contributed by atoms with Gasteiger partial charge in [0, 0.05) is 30.9 Å².